The van der Waals surface area contributed by atoms with Gasteiger partial charge in [-0.3, -0.25) is 0 Å². The van der Waals surface area contributed by atoms with Crippen LogP contribution < -0.4 is 5.32 Å². The zero-order valence-corrected chi connectivity index (χ0v) is 9.49. The molecule has 1 unspecified atom stereocenters. The van der Waals surface area contributed by atoms with Crippen molar-refractivity contribution >= 4 is 11.8 Å². The summed E-state index contributed by atoms with van der Waals surface area (Å²) in [5.41, 5.74) is 0.0335. The minimum Gasteiger partial charge on any atom is -0.396 e. The lowest BCUT2D eigenvalue weighted by Gasteiger charge is -2.23. The van der Waals surface area contributed by atoms with Crippen molar-refractivity contribution in [1.29, 1.82) is 0 Å². The normalized spacial score (nSPS) is 23.8. The second-order valence-corrected chi connectivity index (χ2v) is 5.83. The average Bonchev–Trinajstić information content (AvgIpc) is 2.57. The van der Waals surface area contributed by atoms with E-state index in [9.17, 15) is 0 Å². The molecule has 1 rings (SSSR count). The Morgan fingerprint density at radius 3 is 2.85 bits per heavy atom. The maximum absolute atomic E-state index is 9.04. The molecule has 1 fully saturated rings. The van der Waals surface area contributed by atoms with Crippen molar-refractivity contribution < 1.29 is 5.11 Å². The Balaban J connectivity index is 2.06. The van der Waals surface area contributed by atoms with Gasteiger partial charge in [0, 0.05) is 18.6 Å². The highest BCUT2D eigenvalue weighted by atomic mass is 32.2. The number of rotatable bonds is 5. The summed E-state index contributed by atoms with van der Waals surface area (Å²) >= 11 is 2.06. The lowest BCUT2D eigenvalue weighted by molar-refractivity contribution is 0.156. The Hall–Kier alpha value is 0.270. The minimum atomic E-state index is 0.0335. The predicted octanol–water partition coefficient (Wildman–Crippen LogP) is 1.35. The fourth-order valence-electron chi connectivity index (χ4n) is 1.41. The van der Waals surface area contributed by atoms with Crippen LogP contribution in [0.2, 0.25) is 0 Å². The molecule has 13 heavy (non-hydrogen) atoms. The van der Waals surface area contributed by atoms with Crippen LogP contribution >= 0.6 is 11.8 Å². The molecular formula is C10H21NOS. The molecule has 78 valence electrons. The van der Waals surface area contributed by atoms with Gasteiger partial charge in [0.05, 0.1) is 0 Å². The first-order valence-corrected chi connectivity index (χ1v) is 6.19. The smallest absolute Gasteiger partial charge is 0.0494 e. The van der Waals surface area contributed by atoms with Crippen LogP contribution in [-0.4, -0.2) is 36.3 Å². The van der Waals surface area contributed by atoms with Crippen LogP contribution in [0.3, 0.4) is 0 Å². The minimum absolute atomic E-state index is 0.0335. The Morgan fingerprint density at radius 1 is 1.54 bits per heavy atom. The number of hydrogen-bond acceptors (Lipinski definition) is 3. The monoisotopic (exact) mass is 203 g/mol. The lowest BCUT2D eigenvalue weighted by atomic mass is 9.95. The Morgan fingerprint density at radius 2 is 2.31 bits per heavy atom. The van der Waals surface area contributed by atoms with E-state index >= 15 is 0 Å². The van der Waals surface area contributed by atoms with E-state index in [1.54, 1.807) is 0 Å². The molecule has 0 aromatic heterocycles. The number of aliphatic hydroxyl groups excluding tert-OH is 1. The third kappa shape index (κ3) is 4.34. The second kappa shape index (κ2) is 5.23. The van der Waals surface area contributed by atoms with Crippen LogP contribution in [0.5, 0.6) is 0 Å². The number of hydrogen-bond donors (Lipinski definition) is 2. The summed E-state index contributed by atoms with van der Waals surface area (Å²) in [6.45, 7) is 6.48. The van der Waals surface area contributed by atoms with E-state index in [1.165, 1.54) is 17.9 Å². The van der Waals surface area contributed by atoms with Crippen molar-refractivity contribution in [2.75, 3.05) is 31.2 Å². The first-order chi connectivity index (χ1) is 6.14. The van der Waals surface area contributed by atoms with E-state index in [4.69, 9.17) is 5.11 Å². The fourth-order valence-corrected chi connectivity index (χ4v) is 2.70. The zero-order chi connectivity index (χ0) is 9.73. The molecule has 1 saturated heterocycles. The van der Waals surface area contributed by atoms with Crippen molar-refractivity contribution in [2.45, 2.75) is 20.3 Å². The summed E-state index contributed by atoms with van der Waals surface area (Å²) in [5, 5.41) is 12.5. The molecule has 0 saturated carbocycles. The molecule has 3 heteroatoms. The summed E-state index contributed by atoms with van der Waals surface area (Å²) in [6.07, 6.45) is 1.36. The molecule has 1 atom stereocenters. The van der Waals surface area contributed by atoms with Gasteiger partial charge in [-0.1, -0.05) is 13.8 Å². The molecule has 0 amide bonds. The van der Waals surface area contributed by atoms with Crippen molar-refractivity contribution in [1.82, 2.24) is 5.32 Å². The van der Waals surface area contributed by atoms with Crippen molar-refractivity contribution in [3.8, 4) is 0 Å². The third-order valence-electron chi connectivity index (χ3n) is 2.49. The molecule has 0 spiro atoms. The first kappa shape index (κ1) is 11.3. The van der Waals surface area contributed by atoms with Crippen LogP contribution in [0.15, 0.2) is 0 Å². The van der Waals surface area contributed by atoms with Gasteiger partial charge in [0.1, 0.15) is 0 Å². The SMILES string of the molecule is CC(C)(CO)CNCC1CCSC1. The highest BCUT2D eigenvalue weighted by Crippen LogP contribution is 2.22. The summed E-state index contributed by atoms with van der Waals surface area (Å²) in [7, 11) is 0. The highest BCUT2D eigenvalue weighted by molar-refractivity contribution is 7.99. The van der Waals surface area contributed by atoms with Crippen molar-refractivity contribution in [2.24, 2.45) is 11.3 Å². The van der Waals surface area contributed by atoms with Crippen LogP contribution in [0.1, 0.15) is 20.3 Å². The van der Waals surface area contributed by atoms with Gasteiger partial charge in [-0.05, 0) is 30.4 Å². The molecule has 1 aliphatic rings. The molecule has 1 aliphatic heterocycles. The molecule has 0 radical (unpaired) electrons. The van der Waals surface area contributed by atoms with Gasteiger partial charge in [-0.2, -0.15) is 11.8 Å². The van der Waals surface area contributed by atoms with Gasteiger partial charge in [0.15, 0.2) is 0 Å². The van der Waals surface area contributed by atoms with Crippen molar-refractivity contribution in [3.05, 3.63) is 0 Å². The Kier molecular flexibility index (Phi) is 4.56. The first-order valence-electron chi connectivity index (χ1n) is 5.03. The molecule has 2 N–H and O–H groups in total. The number of nitrogens with one attached hydrogen (secondary N) is 1. The van der Waals surface area contributed by atoms with E-state index in [1.807, 2.05) is 0 Å². The quantitative estimate of drug-likeness (QED) is 0.707. The Labute approximate surface area is 85.5 Å². The fraction of sp³-hybridized carbons (Fsp3) is 1.00. The van der Waals surface area contributed by atoms with Crippen LogP contribution in [0, 0.1) is 11.3 Å². The van der Waals surface area contributed by atoms with Gasteiger partial charge in [-0.25, -0.2) is 0 Å². The van der Waals surface area contributed by atoms with E-state index in [0.29, 0.717) is 0 Å². The highest BCUT2D eigenvalue weighted by Gasteiger charge is 2.18. The average molecular weight is 203 g/mol. The standard InChI is InChI=1S/C10H21NOS/c1-10(2,8-12)7-11-5-9-3-4-13-6-9/h9,11-12H,3-8H2,1-2H3. The van der Waals surface area contributed by atoms with E-state index in [2.05, 4.69) is 30.9 Å². The summed E-state index contributed by atoms with van der Waals surface area (Å²) in [5.74, 6) is 3.50. The largest absolute Gasteiger partial charge is 0.396 e. The molecule has 0 aromatic rings. The van der Waals surface area contributed by atoms with E-state index < -0.39 is 0 Å². The zero-order valence-electron chi connectivity index (χ0n) is 8.68. The molecule has 0 aromatic carbocycles. The molecular weight excluding hydrogens is 182 g/mol. The van der Waals surface area contributed by atoms with Crippen LogP contribution in [0.4, 0.5) is 0 Å². The number of thioether (sulfide) groups is 1. The molecule has 0 aliphatic carbocycles. The van der Waals surface area contributed by atoms with Gasteiger partial charge in [-0.15, -0.1) is 0 Å². The third-order valence-corrected chi connectivity index (χ3v) is 3.72. The maximum atomic E-state index is 9.04. The topological polar surface area (TPSA) is 32.3 Å². The summed E-state index contributed by atoms with van der Waals surface area (Å²) < 4.78 is 0. The summed E-state index contributed by atoms with van der Waals surface area (Å²) in [6, 6.07) is 0. The molecule has 2 nitrogen and oxygen atoms in total. The molecule has 1 heterocycles. The second-order valence-electron chi connectivity index (χ2n) is 4.68. The van der Waals surface area contributed by atoms with Crippen molar-refractivity contribution in [3.63, 3.8) is 0 Å². The maximum Gasteiger partial charge on any atom is 0.0494 e. The summed E-state index contributed by atoms with van der Waals surface area (Å²) in [4.78, 5) is 0. The van der Waals surface area contributed by atoms with Gasteiger partial charge in [0.2, 0.25) is 0 Å². The predicted molar refractivity (Wildman–Crippen MR) is 59.2 cm³/mol. The van der Waals surface area contributed by atoms with Crippen LogP contribution in [-0.2, 0) is 0 Å². The Bertz CT molecular complexity index is 144. The van der Waals surface area contributed by atoms with E-state index in [0.717, 1.165) is 19.0 Å². The van der Waals surface area contributed by atoms with E-state index in [-0.39, 0.29) is 12.0 Å². The van der Waals surface area contributed by atoms with Gasteiger partial charge >= 0.3 is 0 Å². The molecule has 0 bridgehead atoms. The number of aliphatic hydroxyl groups is 1. The lowest BCUT2D eigenvalue weighted by Crippen LogP contribution is -2.35. The van der Waals surface area contributed by atoms with Gasteiger partial charge in [0.25, 0.3) is 0 Å². The van der Waals surface area contributed by atoms with Gasteiger partial charge < -0.3 is 10.4 Å². The van der Waals surface area contributed by atoms with Crippen LogP contribution in [0.25, 0.3) is 0 Å².